The summed E-state index contributed by atoms with van der Waals surface area (Å²) in [6, 6.07) is 4.52. The highest BCUT2D eigenvalue weighted by molar-refractivity contribution is 7.89. The van der Waals surface area contributed by atoms with E-state index in [1.165, 1.54) is 27.1 Å². The van der Waals surface area contributed by atoms with Crippen molar-refractivity contribution in [2.75, 3.05) is 32.4 Å². The SMILES string of the molecule is CS(=O)(=O)N1CCCN(S(=O)(=O)c2ccc3ncoc3c2)CC1. The number of oxazole rings is 1. The van der Waals surface area contributed by atoms with Gasteiger partial charge in [0.25, 0.3) is 0 Å². The molecule has 10 heteroatoms. The zero-order chi connectivity index (χ0) is 16.7. The third kappa shape index (κ3) is 3.25. The summed E-state index contributed by atoms with van der Waals surface area (Å²) in [7, 11) is -7.02. The van der Waals surface area contributed by atoms with Crippen LogP contribution in [0.25, 0.3) is 11.1 Å². The minimum absolute atomic E-state index is 0.120. The Balaban J connectivity index is 1.87. The molecule has 0 radical (unpaired) electrons. The van der Waals surface area contributed by atoms with Crippen LogP contribution >= 0.6 is 0 Å². The molecule has 0 N–H and O–H groups in total. The smallest absolute Gasteiger partial charge is 0.243 e. The lowest BCUT2D eigenvalue weighted by Crippen LogP contribution is -2.36. The predicted molar refractivity (Wildman–Crippen MR) is 83.8 cm³/mol. The van der Waals surface area contributed by atoms with E-state index in [-0.39, 0.29) is 24.5 Å². The van der Waals surface area contributed by atoms with Crippen LogP contribution in [0.5, 0.6) is 0 Å². The Morgan fingerprint density at radius 3 is 2.48 bits per heavy atom. The first kappa shape index (κ1) is 16.4. The van der Waals surface area contributed by atoms with Gasteiger partial charge >= 0.3 is 0 Å². The van der Waals surface area contributed by atoms with Crippen LogP contribution in [-0.4, -0.2) is 62.9 Å². The number of hydrogen-bond acceptors (Lipinski definition) is 6. The molecule has 2 heterocycles. The van der Waals surface area contributed by atoms with E-state index in [2.05, 4.69) is 4.98 Å². The molecular weight excluding hydrogens is 342 g/mol. The Hall–Kier alpha value is -1.49. The Bertz CT molecular complexity index is 920. The van der Waals surface area contributed by atoms with Crippen LogP contribution in [-0.2, 0) is 20.0 Å². The molecule has 1 aromatic carbocycles. The molecule has 0 spiro atoms. The molecule has 23 heavy (non-hydrogen) atoms. The lowest BCUT2D eigenvalue weighted by molar-refractivity contribution is 0.406. The lowest BCUT2D eigenvalue weighted by atomic mass is 10.3. The van der Waals surface area contributed by atoms with Gasteiger partial charge in [0, 0.05) is 32.2 Å². The molecule has 126 valence electrons. The monoisotopic (exact) mass is 359 g/mol. The van der Waals surface area contributed by atoms with Gasteiger partial charge in [-0.25, -0.2) is 26.1 Å². The third-order valence-corrected chi connectivity index (χ3v) is 7.02. The highest BCUT2D eigenvalue weighted by Crippen LogP contribution is 2.22. The van der Waals surface area contributed by atoms with Crippen molar-refractivity contribution in [1.82, 2.24) is 13.6 Å². The van der Waals surface area contributed by atoms with E-state index in [9.17, 15) is 16.8 Å². The largest absolute Gasteiger partial charge is 0.443 e. The Morgan fingerprint density at radius 2 is 1.74 bits per heavy atom. The third-order valence-electron chi connectivity index (χ3n) is 3.82. The Labute approximate surface area is 134 Å². The molecule has 0 bridgehead atoms. The van der Waals surface area contributed by atoms with Gasteiger partial charge in [-0.15, -0.1) is 0 Å². The number of sulfonamides is 2. The van der Waals surface area contributed by atoms with Gasteiger partial charge in [0.05, 0.1) is 11.2 Å². The number of hydrogen-bond donors (Lipinski definition) is 0. The fourth-order valence-electron chi connectivity index (χ4n) is 2.59. The summed E-state index contributed by atoms with van der Waals surface area (Å²) in [4.78, 5) is 4.08. The summed E-state index contributed by atoms with van der Waals surface area (Å²) in [5.41, 5.74) is 0.988. The predicted octanol–water partition coefficient (Wildman–Crippen LogP) is 0.484. The summed E-state index contributed by atoms with van der Waals surface area (Å²) in [6.07, 6.45) is 2.85. The highest BCUT2D eigenvalue weighted by atomic mass is 32.2. The van der Waals surface area contributed by atoms with Gasteiger partial charge < -0.3 is 4.42 Å². The van der Waals surface area contributed by atoms with Crippen LogP contribution in [0.15, 0.2) is 33.9 Å². The molecule has 0 amide bonds. The van der Waals surface area contributed by atoms with Gasteiger partial charge in [0.15, 0.2) is 12.0 Å². The van der Waals surface area contributed by atoms with Gasteiger partial charge in [-0.1, -0.05) is 0 Å². The fourth-order valence-corrected chi connectivity index (χ4v) is 4.95. The topological polar surface area (TPSA) is 101 Å². The maximum Gasteiger partial charge on any atom is 0.243 e. The summed E-state index contributed by atoms with van der Waals surface area (Å²) in [5.74, 6) is 0. The number of benzene rings is 1. The van der Waals surface area contributed by atoms with Crippen molar-refractivity contribution in [3.63, 3.8) is 0 Å². The maximum atomic E-state index is 12.8. The molecule has 1 aromatic heterocycles. The van der Waals surface area contributed by atoms with E-state index in [0.29, 0.717) is 24.1 Å². The van der Waals surface area contributed by atoms with E-state index >= 15 is 0 Å². The molecule has 3 rings (SSSR count). The van der Waals surface area contributed by atoms with E-state index < -0.39 is 20.0 Å². The molecule has 1 saturated heterocycles. The zero-order valence-corrected chi connectivity index (χ0v) is 14.2. The van der Waals surface area contributed by atoms with Crippen molar-refractivity contribution in [2.45, 2.75) is 11.3 Å². The first-order valence-corrected chi connectivity index (χ1v) is 10.4. The summed E-state index contributed by atoms with van der Waals surface area (Å²) >= 11 is 0. The quantitative estimate of drug-likeness (QED) is 0.790. The van der Waals surface area contributed by atoms with E-state index in [1.54, 1.807) is 6.07 Å². The van der Waals surface area contributed by atoms with Gasteiger partial charge in [-0.2, -0.15) is 4.31 Å². The van der Waals surface area contributed by atoms with Gasteiger partial charge in [-0.3, -0.25) is 0 Å². The molecule has 0 saturated carbocycles. The fraction of sp³-hybridized carbons (Fsp3) is 0.462. The molecule has 1 aliphatic heterocycles. The van der Waals surface area contributed by atoms with Crippen LogP contribution in [0.3, 0.4) is 0 Å². The van der Waals surface area contributed by atoms with Crippen LogP contribution in [0.1, 0.15) is 6.42 Å². The van der Waals surface area contributed by atoms with Crippen LogP contribution in [0.2, 0.25) is 0 Å². The van der Waals surface area contributed by atoms with E-state index in [1.807, 2.05) is 0 Å². The Morgan fingerprint density at radius 1 is 1.04 bits per heavy atom. The van der Waals surface area contributed by atoms with Crippen molar-refractivity contribution >= 4 is 31.1 Å². The lowest BCUT2D eigenvalue weighted by Gasteiger charge is -2.20. The second kappa shape index (κ2) is 5.86. The highest BCUT2D eigenvalue weighted by Gasteiger charge is 2.29. The van der Waals surface area contributed by atoms with Crippen molar-refractivity contribution in [3.05, 3.63) is 24.6 Å². The summed E-state index contributed by atoms with van der Waals surface area (Å²) < 4.78 is 56.5. The molecule has 8 nitrogen and oxygen atoms in total. The maximum absolute atomic E-state index is 12.8. The minimum atomic E-state index is -3.70. The standard InChI is InChI=1S/C13H17N3O5S2/c1-22(17,18)15-5-2-6-16(8-7-15)23(19,20)11-3-4-12-13(9-11)21-10-14-12/h3-4,9-10H,2,5-8H2,1H3. The van der Waals surface area contributed by atoms with E-state index in [4.69, 9.17) is 4.42 Å². The number of rotatable bonds is 3. The second-order valence-electron chi connectivity index (χ2n) is 5.40. The zero-order valence-electron chi connectivity index (χ0n) is 12.5. The first-order chi connectivity index (χ1) is 10.8. The van der Waals surface area contributed by atoms with E-state index in [0.717, 1.165) is 6.26 Å². The average molecular weight is 359 g/mol. The molecule has 0 unspecified atom stereocenters. The molecule has 0 aliphatic carbocycles. The first-order valence-electron chi connectivity index (χ1n) is 7.07. The van der Waals surface area contributed by atoms with Crippen molar-refractivity contribution in [1.29, 1.82) is 0 Å². The average Bonchev–Trinajstić information content (AvgIpc) is 2.78. The van der Waals surface area contributed by atoms with Crippen LogP contribution in [0.4, 0.5) is 0 Å². The van der Waals surface area contributed by atoms with Crippen molar-refractivity contribution in [3.8, 4) is 0 Å². The second-order valence-corrected chi connectivity index (χ2v) is 9.32. The number of aromatic nitrogens is 1. The molecule has 0 atom stereocenters. The Kier molecular flexibility index (Phi) is 4.17. The normalized spacial score (nSPS) is 19.0. The van der Waals surface area contributed by atoms with Crippen molar-refractivity contribution in [2.24, 2.45) is 0 Å². The summed E-state index contributed by atoms with van der Waals surface area (Å²) in [5, 5.41) is 0. The molecule has 1 fully saturated rings. The van der Waals surface area contributed by atoms with Crippen LogP contribution in [0, 0.1) is 0 Å². The van der Waals surface area contributed by atoms with Gasteiger partial charge in [0.1, 0.15) is 5.52 Å². The van der Waals surface area contributed by atoms with Gasteiger partial charge in [-0.05, 0) is 18.6 Å². The minimum Gasteiger partial charge on any atom is -0.443 e. The molecule has 2 aromatic rings. The number of fused-ring (bicyclic) bond motifs is 1. The molecular formula is C13H17N3O5S2. The molecule has 1 aliphatic rings. The summed E-state index contributed by atoms with van der Waals surface area (Å²) in [6.45, 7) is 0.890. The number of nitrogens with zero attached hydrogens (tertiary/aromatic N) is 3. The van der Waals surface area contributed by atoms with Crippen molar-refractivity contribution < 1.29 is 21.3 Å². The van der Waals surface area contributed by atoms with Gasteiger partial charge in [0.2, 0.25) is 20.0 Å². The van der Waals surface area contributed by atoms with Crippen LogP contribution < -0.4 is 0 Å².